The van der Waals surface area contributed by atoms with Gasteiger partial charge in [0, 0.05) is 25.7 Å². The third-order valence-electron chi connectivity index (χ3n) is 15.7. The Balaban J connectivity index is 5.19. The van der Waals surface area contributed by atoms with Gasteiger partial charge in [-0.25, -0.2) is 9.13 Å². The smallest absolute Gasteiger partial charge is 0.462 e. The average molecular weight is 1280 g/mol. The first kappa shape index (κ1) is 85.1. The van der Waals surface area contributed by atoms with Crippen molar-refractivity contribution < 1.29 is 80.2 Å². The third kappa shape index (κ3) is 62.6. The molecule has 87 heavy (non-hydrogen) atoms. The fourth-order valence-corrected chi connectivity index (χ4v) is 11.8. The Bertz CT molecular complexity index is 1700. The van der Waals surface area contributed by atoms with Crippen LogP contribution in [0.1, 0.15) is 343 Å². The van der Waals surface area contributed by atoms with E-state index in [9.17, 15) is 43.2 Å². The molecule has 0 rings (SSSR count). The molecular weight excluding hydrogens is 1150 g/mol. The van der Waals surface area contributed by atoms with E-state index in [1.165, 1.54) is 148 Å². The molecule has 0 aromatic heterocycles. The lowest BCUT2D eigenvalue weighted by Gasteiger charge is -2.21. The quantitative estimate of drug-likeness (QED) is 0.0222. The summed E-state index contributed by atoms with van der Waals surface area (Å²) in [6.45, 7) is 9.50. The number of ether oxygens (including phenoxy) is 4. The lowest BCUT2D eigenvalue weighted by molar-refractivity contribution is -0.161. The van der Waals surface area contributed by atoms with Crippen molar-refractivity contribution in [3.63, 3.8) is 0 Å². The molecule has 0 aliphatic rings. The number of rotatable bonds is 67. The Kier molecular flexibility index (Phi) is 59.0. The predicted molar refractivity (Wildman–Crippen MR) is 349 cm³/mol. The van der Waals surface area contributed by atoms with Gasteiger partial charge in [-0.1, -0.05) is 292 Å². The molecule has 0 saturated heterocycles. The van der Waals surface area contributed by atoms with Crippen LogP contribution in [-0.4, -0.2) is 96.7 Å². The van der Waals surface area contributed by atoms with E-state index in [1.54, 1.807) is 0 Å². The Morgan fingerprint density at radius 3 is 0.782 bits per heavy atom. The third-order valence-corrected chi connectivity index (χ3v) is 17.6. The van der Waals surface area contributed by atoms with Crippen molar-refractivity contribution in [2.45, 2.75) is 362 Å². The van der Waals surface area contributed by atoms with Gasteiger partial charge in [0.05, 0.1) is 26.4 Å². The second-order valence-electron chi connectivity index (χ2n) is 25.5. The van der Waals surface area contributed by atoms with Gasteiger partial charge in [0.1, 0.15) is 19.3 Å². The van der Waals surface area contributed by atoms with Crippen molar-refractivity contribution in [3.8, 4) is 0 Å². The van der Waals surface area contributed by atoms with E-state index in [2.05, 4.69) is 41.5 Å². The molecule has 19 heteroatoms. The van der Waals surface area contributed by atoms with Crippen LogP contribution in [0.2, 0.25) is 0 Å². The second-order valence-corrected chi connectivity index (χ2v) is 28.4. The molecule has 0 spiro atoms. The number of phosphoric ester groups is 2. The van der Waals surface area contributed by atoms with E-state index < -0.39 is 97.5 Å². The number of esters is 4. The van der Waals surface area contributed by atoms with Gasteiger partial charge in [0.25, 0.3) is 0 Å². The molecule has 2 unspecified atom stereocenters. The Hall–Kier alpha value is -1.94. The lowest BCUT2D eigenvalue weighted by atomic mass is 10.0. The summed E-state index contributed by atoms with van der Waals surface area (Å²) in [7, 11) is -9.89. The van der Waals surface area contributed by atoms with Gasteiger partial charge < -0.3 is 33.8 Å². The van der Waals surface area contributed by atoms with E-state index in [0.717, 1.165) is 115 Å². The number of hydrogen-bond acceptors (Lipinski definition) is 15. The van der Waals surface area contributed by atoms with Crippen molar-refractivity contribution in [3.05, 3.63) is 0 Å². The molecule has 0 aliphatic heterocycles. The number of carbonyl (C=O) groups excluding carboxylic acids is 4. The van der Waals surface area contributed by atoms with Crippen LogP contribution >= 0.6 is 15.6 Å². The first-order chi connectivity index (χ1) is 41.9. The zero-order valence-electron chi connectivity index (χ0n) is 56.3. The number of phosphoric acid groups is 2. The number of aliphatic hydroxyl groups is 1. The summed E-state index contributed by atoms with van der Waals surface area (Å²) < 4.78 is 68.1. The molecular formula is C68H132O17P2. The minimum Gasteiger partial charge on any atom is -0.462 e. The Morgan fingerprint density at radius 2 is 0.529 bits per heavy atom. The molecule has 0 amide bonds. The molecule has 5 atom stereocenters. The van der Waals surface area contributed by atoms with Gasteiger partial charge in [-0.05, 0) is 37.5 Å². The summed E-state index contributed by atoms with van der Waals surface area (Å²) in [5.41, 5.74) is 0. The first-order valence-corrected chi connectivity index (χ1v) is 38.5. The van der Waals surface area contributed by atoms with Crippen LogP contribution in [0.25, 0.3) is 0 Å². The largest absolute Gasteiger partial charge is 0.472 e. The second kappa shape index (κ2) is 60.3. The molecule has 0 aromatic rings. The molecule has 3 N–H and O–H groups in total. The average Bonchev–Trinajstić information content (AvgIpc) is 3.56. The highest BCUT2D eigenvalue weighted by atomic mass is 31.2. The Labute approximate surface area is 530 Å². The maximum absolute atomic E-state index is 13.0. The summed E-state index contributed by atoms with van der Waals surface area (Å²) >= 11 is 0. The van der Waals surface area contributed by atoms with Gasteiger partial charge >= 0.3 is 39.5 Å². The fourth-order valence-electron chi connectivity index (χ4n) is 10.2. The number of unbranched alkanes of at least 4 members (excludes halogenated alkanes) is 37. The number of hydrogen-bond donors (Lipinski definition) is 3. The summed E-state index contributed by atoms with van der Waals surface area (Å²) in [6.07, 6.45) is 44.5. The van der Waals surface area contributed by atoms with Gasteiger partial charge in [-0.3, -0.25) is 37.3 Å². The SMILES string of the molecule is CCCCCCCCCCCC(=O)O[C@H](COC(=O)CCCCCCCCC)COP(=O)(O)OC[C@H](O)COP(=O)(O)OC[C@@H](COC(=O)CCCCCCCCCCCCCCC(C)C)OC(=O)CCCCCCCCCCCCCCCC(C)C. The van der Waals surface area contributed by atoms with E-state index in [4.69, 9.17) is 37.0 Å². The van der Waals surface area contributed by atoms with Crippen LogP contribution in [0.5, 0.6) is 0 Å². The number of aliphatic hydroxyl groups excluding tert-OH is 1. The number of carbonyl (C=O) groups is 4. The van der Waals surface area contributed by atoms with Gasteiger partial charge in [0.15, 0.2) is 12.2 Å². The molecule has 0 radical (unpaired) electrons. The molecule has 0 aromatic carbocycles. The van der Waals surface area contributed by atoms with Crippen molar-refractivity contribution in [2.75, 3.05) is 39.6 Å². The monoisotopic (exact) mass is 1280 g/mol. The highest BCUT2D eigenvalue weighted by Crippen LogP contribution is 2.45. The predicted octanol–water partition coefficient (Wildman–Crippen LogP) is 19.2. The normalized spacial score (nSPS) is 14.2. The van der Waals surface area contributed by atoms with Gasteiger partial charge in [0.2, 0.25) is 0 Å². The Morgan fingerprint density at radius 1 is 0.310 bits per heavy atom. The molecule has 0 bridgehead atoms. The maximum Gasteiger partial charge on any atom is 0.472 e. The molecule has 0 heterocycles. The van der Waals surface area contributed by atoms with Crippen LogP contribution in [0.15, 0.2) is 0 Å². The summed E-state index contributed by atoms with van der Waals surface area (Å²) in [5, 5.41) is 10.5. The van der Waals surface area contributed by atoms with Crippen molar-refractivity contribution in [2.24, 2.45) is 11.8 Å². The molecule has 17 nitrogen and oxygen atoms in total. The van der Waals surface area contributed by atoms with E-state index in [1.807, 2.05) is 0 Å². The maximum atomic E-state index is 13.0. The van der Waals surface area contributed by atoms with Crippen LogP contribution in [0, 0.1) is 11.8 Å². The molecule has 0 aliphatic carbocycles. The van der Waals surface area contributed by atoms with Gasteiger partial charge in [-0.2, -0.15) is 0 Å². The van der Waals surface area contributed by atoms with Crippen molar-refractivity contribution in [1.82, 2.24) is 0 Å². The zero-order chi connectivity index (χ0) is 64.3. The highest BCUT2D eigenvalue weighted by molar-refractivity contribution is 7.47. The van der Waals surface area contributed by atoms with E-state index in [0.29, 0.717) is 25.7 Å². The minimum atomic E-state index is -4.95. The van der Waals surface area contributed by atoms with Crippen molar-refractivity contribution in [1.29, 1.82) is 0 Å². The van der Waals surface area contributed by atoms with E-state index in [-0.39, 0.29) is 25.7 Å². The molecule has 0 saturated carbocycles. The summed E-state index contributed by atoms with van der Waals surface area (Å²) in [4.78, 5) is 72.3. The van der Waals surface area contributed by atoms with Crippen LogP contribution < -0.4 is 0 Å². The van der Waals surface area contributed by atoms with Crippen LogP contribution in [-0.2, 0) is 65.4 Å². The van der Waals surface area contributed by atoms with Crippen LogP contribution in [0.3, 0.4) is 0 Å². The zero-order valence-corrected chi connectivity index (χ0v) is 58.1. The van der Waals surface area contributed by atoms with E-state index >= 15 is 0 Å². The standard InChI is InChI=1S/C68H132O17P2/c1-7-9-11-13-15-25-34-40-46-52-67(72)84-63(56-78-65(70)50-44-38-30-14-12-10-8-2)58-82-86(74,75)80-54-62(69)55-81-87(76,77)83-59-64(57-79-66(71)51-45-39-33-28-23-20-19-22-27-32-37-43-49-61(5)6)85-68(73)53-47-41-35-29-24-18-16-17-21-26-31-36-42-48-60(3)4/h60-64,69H,7-59H2,1-6H3,(H,74,75)(H,76,77)/t62-,63+,64+/m0/s1. The van der Waals surface area contributed by atoms with Crippen molar-refractivity contribution >= 4 is 39.5 Å². The van der Waals surface area contributed by atoms with Gasteiger partial charge in [-0.15, -0.1) is 0 Å². The molecule has 516 valence electrons. The van der Waals surface area contributed by atoms with Crippen LogP contribution in [0.4, 0.5) is 0 Å². The summed E-state index contributed by atoms with van der Waals surface area (Å²) in [5.74, 6) is -0.564. The topological polar surface area (TPSA) is 237 Å². The highest BCUT2D eigenvalue weighted by Gasteiger charge is 2.30. The first-order valence-electron chi connectivity index (χ1n) is 35.5. The lowest BCUT2D eigenvalue weighted by Crippen LogP contribution is -2.30. The summed E-state index contributed by atoms with van der Waals surface area (Å²) in [6, 6.07) is 0. The minimum absolute atomic E-state index is 0.105. The molecule has 0 fully saturated rings. The fraction of sp³-hybridized carbons (Fsp3) is 0.941.